The third kappa shape index (κ3) is 3.25. The number of carbonyl (C=O) groups is 1. The minimum atomic E-state index is 0.189. The Labute approximate surface area is 109 Å². The van der Waals surface area contributed by atoms with Crippen molar-refractivity contribution < 1.29 is 4.79 Å². The zero-order chi connectivity index (χ0) is 13.0. The van der Waals surface area contributed by atoms with Crippen LogP contribution in [0.1, 0.15) is 43.7 Å². The maximum Gasteiger partial charge on any atom is 0.220 e. The second-order valence-corrected chi connectivity index (χ2v) is 5.16. The molecule has 1 amide bonds. The van der Waals surface area contributed by atoms with E-state index in [0.717, 1.165) is 37.8 Å². The Morgan fingerprint density at radius 3 is 2.89 bits per heavy atom. The Bertz CT molecular complexity index is 429. The molecule has 1 unspecified atom stereocenters. The summed E-state index contributed by atoms with van der Waals surface area (Å²) in [5.74, 6) is 0.189. The van der Waals surface area contributed by atoms with Crippen LogP contribution in [-0.4, -0.2) is 11.9 Å². The number of nitrogens with two attached hydrogens (primary N) is 1. The molecular formula is C15H22N2O. The van der Waals surface area contributed by atoms with Crippen molar-refractivity contribution in [1.82, 2.24) is 5.32 Å². The maximum absolute atomic E-state index is 11.8. The molecule has 1 aromatic carbocycles. The Kier molecular flexibility index (Phi) is 4.24. The van der Waals surface area contributed by atoms with Gasteiger partial charge in [-0.2, -0.15) is 0 Å². The Hall–Kier alpha value is -1.51. The van der Waals surface area contributed by atoms with Crippen LogP contribution in [0.3, 0.4) is 0 Å². The van der Waals surface area contributed by atoms with Crippen LogP contribution in [0.5, 0.6) is 0 Å². The van der Waals surface area contributed by atoms with Crippen LogP contribution < -0.4 is 11.1 Å². The van der Waals surface area contributed by atoms with Gasteiger partial charge in [-0.1, -0.05) is 25.8 Å². The zero-order valence-corrected chi connectivity index (χ0v) is 11.0. The minimum absolute atomic E-state index is 0.189. The molecule has 0 saturated carbocycles. The van der Waals surface area contributed by atoms with Gasteiger partial charge >= 0.3 is 0 Å². The molecule has 3 N–H and O–H groups in total. The molecule has 0 saturated heterocycles. The summed E-state index contributed by atoms with van der Waals surface area (Å²) in [6, 6.07) is 6.30. The molecule has 1 aliphatic rings. The highest BCUT2D eigenvalue weighted by Gasteiger charge is 2.22. The van der Waals surface area contributed by atoms with Crippen LogP contribution in [0.2, 0.25) is 0 Å². The van der Waals surface area contributed by atoms with Crippen LogP contribution in [-0.2, 0) is 17.6 Å². The predicted octanol–water partition coefficient (Wildman–Crippen LogP) is 2.43. The van der Waals surface area contributed by atoms with Crippen LogP contribution in [0.25, 0.3) is 0 Å². The fourth-order valence-corrected chi connectivity index (χ4v) is 2.58. The fraction of sp³-hybridized carbons (Fsp3) is 0.533. The first kappa shape index (κ1) is 12.9. The number of anilines is 1. The van der Waals surface area contributed by atoms with E-state index >= 15 is 0 Å². The lowest BCUT2D eigenvalue weighted by Gasteiger charge is -2.11. The molecule has 0 fully saturated rings. The molecule has 98 valence electrons. The van der Waals surface area contributed by atoms with Crippen LogP contribution >= 0.6 is 0 Å². The monoisotopic (exact) mass is 246 g/mol. The molecule has 3 heteroatoms. The van der Waals surface area contributed by atoms with Crippen molar-refractivity contribution in [3.05, 3.63) is 29.3 Å². The molecule has 1 aliphatic carbocycles. The molecule has 3 nitrogen and oxygen atoms in total. The van der Waals surface area contributed by atoms with Crippen molar-refractivity contribution in [3.63, 3.8) is 0 Å². The molecular weight excluding hydrogens is 224 g/mol. The van der Waals surface area contributed by atoms with E-state index < -0.39 is 0 Å². The van der Waals surface area contributed by atoms with Gasteiger partial charge in [-0.15, -0.1) is 0 Å². The number of hydrogen-bond donors (Lipinski definition) is 2. The summed E-state index contributed by atoms with van der Waals surface area (Å²) in [6.45, 7) is 2.15. The fourth-order valence-electron chi connectivity index (χ4n) is 2.58. The number of carbonyl (C=O) groups excluding carboxylic acids is 1. The predicted molar refractivity (Wildman–Crippen MR) is 74.3 cm³/mol. The Balaban J connectivity index is 1.82. The summed E-state index contributed by atoms with van der Waals surface area (Å²) in [4.78, 5) is 11.8. The first-order valence-corrected chi connectivity index (χ1v) is 6.85. The van der Waals surface area contributed by atoms with E-state index in [9.17, 15) is 4.79 Å². The van der Waals surface area contributed by atoms with Gasteiger partial charge in [-0.3, -0.25) is 4.79 Å². The van der Waals surface area contributed by atoms with Crippen LogP contribution in [0, 0.1) is 0 Å². The molecule has 0 radical (unpaired) electrons. The number of fused-ring (bicyclic) bond motifs is 1. The smallest absolute Gasteiger partial charge is 0.220 e. The van der Waals surface area contributed by atoms with E-state index in [2.05, 4.69) is 18.3 Å². The van der Waals surface area contributed by atoms with E-state index in [4.69, 9.17) is 5.73 Å². The number of amides is 1. The third-order valence-corrected chi connectivity index (χ3v) is 3.54. The second kappa shape index (κ2) is 5.89. The first-order chi connectivity index (χ1) is 8.69. The first-order valence-electron chi connectivity index (χ1n) is 6.85. The highest BCUT2D eigenvalue weighted by atomic mass is 16.1. The highest BCUT2D eigenvalue weighted by Crippen LogP contribution is 2.24. The number of nitrogens with one attached hydrogen (secondary N) is 1. The second-order valence-electron chi connectivity index (χ2n) is 5.16. The van der Waals surface area contributed by atoms with Gasteiger partial charge < -0.3 is 11.1 Å². The van der Waals surface area contributed by atoms with E-state index in [1.807, 2.05) is 12.1 Å². The molecule has 0 bridgehead atoms. The van der Waals surface area contributed by atoms with Gasteiger partial charge in [0.1, 0.15) is 0 Å². The van der Waals surface area contributed by atoms with Gasteiger partial charge in [0.25, 0.3) is 0 Å². The van der Waals surface area contributed by atoms with Gasteiger partial charge in [0.2, 0.25) is 5.91 Å². The summed E-state index contributed by atoms with van der Waals surface area (Å²) < 4.78 is 0. The zero-order valence-electron chi connectivity index (χ0n) is 11.0. The summed E-state index contributed by atoms with van der Waals surface area (Å²) >= 11 is 0. The van der Waals surface area contributed by atoms with Gasteiger partial charge in [-0.25, -0.2) is 0 Å². The molecule has 0 aliphatic heterocycles. The van der Waals surface area contributed by atoms with Crippen molar-refractivity contribution in [1.29, 1.82) is 0 Å². The van der Waals surface area contributed by atoms with E-state index in [-0.39, 0.29) is 11.9 Å². The van der Waals surface area contributed by atoms with Crippen molar-refractivity contribution in [2.45, 2.75) is 51.5 Å². The number of unbranched alkanes of at least 4 members (excludes halogenated alkanes) is 2. The lowest BCUT2D eigenvalue weighted by molar-refractivity contribution is -0.121. The van der Waals surface area contributed by atoms with Gasteiger partial charge in [0.05, 0.1) is 0 Å². The van der Waals surface area contributed by atoms with Crippen LogP contribution in [0.15, 0.2) is 18.2 Å². The van der Waals surface area contributed by atoms with E-state index in [0.29, 0.717) is 6.42 Å². The number of nitrogen functional groups attached to an aromatic ring is 1. The van der Waals surface area contributed by atoms with Crippen LogP contribution in [0.4, 0.5) is 5.69 Å². The molecule has 18 heavy (non-hydrogen) atoms. The average Bonchev–Trinajstić information content (AvgIpc) is 2.70. The SMILES string of the molecule is CCCCCC(=O)NC1Cc2ccc(N)cc2C1. The van der Waals surface area contributed by atoms with Crippen molar-refractivity contribution in [2.75, 3.05) is 5.73 Å². The molecule has 2 rings (SSSR count). The summed E-state index contributed by atoms with van der Waals surface area (Å²) in [5, 5.41) is 3.12. The van der Waals surface area contributed by atoms with E-state index in [1.54, 1.807) is 0 Å². The molecule has 0 heterocycles. The minimum Gasteiger partial charge on any atom is -0.399 e. The normalized spacial score (nSPS) is 17.5. The van der Waals surface area contributed by atoms with Gasteiger partial charge in [-0.05, 0) is 42.5 Å². The topological polar surface area (TPSA) is 55.1 Å². The largest absolute Gasteiger partial charge is 0.399 e. The van der Waals surface area contributed by atoms with E-state index in [1.165, 1.54) is 11.1 Å². The number of hydrogen-bond acceptors (Lipinski definition) is 2. The van der Waals surface area contributed by atoms with Crippen molar-refractivity contribution >= 4 is 11.6 Å². The standard InChI is InChI=1S/C15H22N2O/c1-2-3-4-5-15(18)17-14-9-11-6-7-13(16)8-12(11)10-14/h6-8,14H,2-5,9-10,16H2,1H3,(H,17,18). The third-order valence-electron chi connectivity index (χ3n) is 3.54. The Morgan fingerprint density at radius 2 is 2.11 bits per heavy atom. The van der Waals surface area contributed by atoms with Crippen molar-refractivity contribution in [2.24, 2.45) is 0 Å². The molecule has 1 aromatic rings. The van der Waals surface area contributed by atoms with Gasteiger partial charge in [0, 0.05) is 18.2 Å². The maximum atomic E-state index is 11.8. The molecule has 1 atom stereocenters. The lowest BCUT2D eigenvalue weighted by Crippen LogP contribution is -2.35. The van der Waals surface area contributed by atoms with Crippen molar-refractivity contribution in [3.8, 4) is 0 Å². The average molecular weight is 246 g/mol. The number of benzene rings is 1. The lowest BCUT2D eigenvalue weighted by atomic mass is 10.1. The summed E-state index contributed by atoms with van der Waals surface area (Å²) in [7, 11) is 0. The summed E-state index contributed by atoms with van der Waals surface area (Å²) in [6.07, 6.45) is 5.79. The van der Waals surface area contributed by atoms with Gasteiger partial charge in [0.15, 0.2) is 0 Å². The highest BCUT2D eigenvalue weighted by molar-refractivity contribution is 5.76. The Morgan fingerprint density at radius 1 is 1.33 bits per heavy atom. The summed E-state index contributed by atoms with van der Waals surface area (Å²) in [5.41, 5.74) is 9.19. The quantitative estimate of drug-likeness (QED) is 0.619. The number of rotatable bonds is 5. The molecule has 0 spiro atoms. The molecule has 0 aromatic heterocycles.